The van der Waals surface area contributed by atoms with E-state index in [-0.39, 0.29) is 23.7 Å². The summed E-state index contributed by atoms with van der Waals surface area (Å²) >= 11 is 1.33. The molecule has 0 bridgehead atoms. The van der Waals surface area contributed by atoms with E-state index >= 15 is 0 Å². The first-order valence-electron chi connectivity index (χ1n) is 8.51. The summed E-state index contributed by atoms with van der Waals surface area (Å²) < 4.78 is 10.4. The third-order valence-corrected chi connectivity index (χ3v) is 5.26. The molecule has 0 aliphatic carbocycles. The zero-order valence-electron chi connectivity index (χ0n) is 16.0. The van der Waals surface area contributed by atoms with Gasteiger partial charge in [-0.2, -0.15) is 0 Å². The van der Waals surface area contributed by atoms with E-state index in [0.29, 0.717) is 4.88 Å². The van der Waals surface area contributed by atoms with E-state index in [0.717, 1.165) is 22.9 Å². The van der Waals surface area contributed by atoms with Crippen molar-refractivity contribution >= 4 is 28.8 Å². The Bertz CT molecular complexity index is 909. The molecule has 0 radical (unpaired) electrons. The number of methoxy groups -OCH3 is 1. The molecule has 0 fully saturated rings. The van der Waals surface area contributed by atoms with E-state index in [9.17, 15) is 19.7 Å². The van der Waals surface area contributed by atoms with Gasteiger partial charge < -0.3 is 9.47 Å². The quantitative estimate of drug-likeness (QED) is 0.538. The Morgan fingerprint density at radius 2 is 1.82 bits per heavy atom. The highest BCUT2D eigenvalue weighted by atomic mass is 32.1. The van der Waals surface area contributed by atoms with Crippen LogP contribution in [-0.4, -0.2) is 30.5 Å². The highest BCUT2D eigenvalue weighted by Crippen LogP contribution is 2.34. The number of aryl methyl sites for hydroxylation is 2. The first kappa shape index (κ1) is 21.2. The monoisotopic (exact) mass is 407 g/mol. The Labute approximate surface area is 165 Å². The molecule has 1 aromatic carbocycles. The maximum absolute atomic E-state index is 12.5. The molecule has 0 spiro atoms. The van der Waals surface area contributed by atoms with Crippen LogP contribution in [0.25, 0.3) is 0 Å². The summed E-state index contributed by atoms with van der Waals surface area (Å²) in [6.07, 6.45) is 0.800. The second-order valence-electron chi connectivity index (χ2n) is 5.69. The lowest BCUT2D eigenvalue weighted by atomic mass is 10.1. The molecule has 0 saturated carbocycles. The van der Waals surface area contributed by atoms with E-state index in [2.05, 4.69) is 10.9 Å². The molecule has 2 rings (SSSR count). The summed E-state index contributed by atoms with van der Waals surface area (Å²) in [4.78, 5) is 36.9. The second-order valence-corrected chi connectivity index (χ2v) is 6.83. The fourth-order valence-electron chi connectivity index (χ4n) is 2.54. The summed E-state index contributed by atoms with van der Waals surface area (Å²) in [5, 5.41) is 11.3. The van der Waals surface area contributed by atoms with Crippen molar-refractivity contribution in [3.63, 3.8) is 0 Å². The van der Waals surface area contributed by atoms with Crippen molar-refractivity contribution in [1.82, 2.24) is 10.9 Å². The summed E-state index contributed by atoms with van der Waals surface area (Å²) in [6, 6.07) is 4.05. The van der Waals surface area contributed by atoms with Gasteiger partial charge in [-0.3, -0.25) is 30.6 Å². The third-order valence-electron chi connectivity index (χ3n) is 3.88. The van der Waals surface area contributed by atoms with Crippen LogP contribution in [0.15, 0.2) is 18.2 Å². The number of hydrazine groups is 1. The SMILES string of the molecule is CCOc1cc(C(=O)NNC(=O)c2cc(C)c(CC)s2)c([N+](=O)[O-])cc1OC. The summed E-state index contributed by atoms with van der Waals surface area (Å²) in [5.74, 6) is -1.01. The zero-order valence-corrected chi connectivity index (χ0v) is 16.8. The number of ether oxygens (including phenoxy) is 2. The van der Waals surface area contributed by atoms with Crippen molar-refractivity contribution in [2.24, 2.45) is 0 Å². The number of rotatable bonds is 7. The van der Waals surface area contributed by atoms with Crippen LogP contribution >= 0.6 is 11.3 Å². The van der Waals surface area contributed by atoms with E-state index in [4.69, 9.17) is 9.47 Å². The molecule has 10 heteroatoms. The van der Waals surface area contributed by atoms with Crippen LogP contribution in [0.2, 0.25) is 0 Å². The average molecular weight is 407 g/mol. The molecule has 28 heavy (non-hydrogen) atoms. The van der Waals surface area contributed by atoms with Crippen molar-refractivity contribution in [3.05, 3.63) is 49.2 Å². The highest BCUT2D eigenvalue weighted by Gasteiger charge is 2.25. The van der Waals surface area contributed by atoms with Crippen molar-refractivity contribution in [2.75, 3.05) is 13.7 Å². The van der Waals surface area contributed by atoms with Gasteiger partial charge in [0, 0.05) is 10.9 Å². The number of nitrogens with zero attached hydrogens (tertiary/aromatic N) is 1. The van der Waals surface area contributed by atoms with Gasteiger partial charge in [-0.1, -0.05) is 6.92 Å². The summed E-state index contributed by atoms with van der Waals surface area (Å²) in [5.41, 5.74) is 4.77. The molecule has 150 valence electrons. The van der Waals surface area contributed by atoms with Gasteiger partial charge in [0.2, 0.25) is 0 Å². The number of nitro groups is 1. The number of hydrogen-bond donors (Lipinski definition) is 2. The molecule has 2 amide bonds. The van der Waals surface area contributed by atoms with Gasteiger partial charge in [0.1, 0.15) is 5.56 Å². The number of hydrogen-bond acceptors (Lipinski definition) is 7. The molecule has 1 aromatic heterocycles. The van der Waals surface area contributed by atoms with Crippen LogP contribution in [0.5, 0.6) is 11.5 Å². The molecular weight excluding hydrogens is 386 g/mol. The minimum Gasteiger partial charge on any atom is -0.493 e. The summed E-state index contributed by atoms with van der Waals surface area (Å²) in [6.45, 7) is 5.90. The van der Waals surface area contributed by atoms with Crippen LogP contribution < -0.4 is 20.3 Å². The first-order valence-corrected chi connectivity index (χ1v) is 9.33. The molecule has 0 atom stereocenters. The fraction of sp³-hybridized carbons (Fsp3) is 0.333. The van der Waals surface area contributed by atoms with Gasteiger partial charge in [-0.05, 0) is 31.9 Å². The molecule has 9 nitrogen and oxygen atoms in total. The Kier molecular flexibility index (Phi) is 6.94. The lowest BCUT2D eigenvalue weighted by molar-refractivity contribution is -0.385. The van der Waals surface area contributed by atoms with E-state index in [1.165, 1.54) is 24.5 Å². The maximum atomic E-state index is 12.5. The first-order chi connectivity index (χ1) is 13.3. The van der Waals surface area contributed by atoms with Gasteiger partial charge in [-0.15, -0.1) is 11.3 Å². The molecule has 0 aliphatic rings. The topological polar surface area (TPSA) is 120 Å². The normalized spacial score (nSPS) is 10.3. The van der Waals surface area contributed by atoms with Gasteiger partial charge in [0.05, 0.1) is 29.6 Å². The third kappa shape index (κ3) is 4.58. The van der Waals surface area contributed by atoms with E-state index in [1.54, 1.807) is 13.0 Å². The predicted octanol–water partition coefficient (Wildman–Crippen LogP) is 3.01. The minimum atomic E-state index is -0.840. The van der Waals surface area contributed by atoms with Crippen LogP contribution in [0.3, 0.4) is 0 Å². The number of amides is 2. The molecule has 0 aliphatic heterocycles. The van der Waals surface area contributed by atoms with Crippen molar-refractivity contribution < 1.29 is 24.0 Å². The summed E-state index contributed by atoms with van der Waals surface area (Å²) in [7, 11) is 1.34. The number of thiophene rings is 1. The standard InChI is InChI=1S/C18H21N3O6S/c1-5-15-10(3)7-16(28-15)18(23)20-19-17(22)11-8-14(27-6-2)13(26-4)9-12(11)21(24)25/h7-9H,5-6H2,1-4H3,(H,19,22)(H,20,23). The van der Waals surface area contributed by atoms with Gasteiger partial charge in [-0.25, -0.2) is 0 Å². The second kappa shape index (κ2) is 9.18. The molecule has 2 aromatic rings. The number of nitro benzene ring substituents is 1. The molecule has 2 N–H and O–H groups in total. The number of benzene rings is 1. The highest BCUT2D eigenvalue weighted by molar-refractivity contribution is 7.14. The van der Waals surface area contributed by atoms with Crippen LogP contribution in [-0.2, 0) is 6.42 Å². The van der Waals surface area contributed by atoms with Gasteiger partial charge in [0.15, 0.2) is 11.5 Å². The minimum absolute atomic E-state index is 0.135. The lowest BCUT2D eigenvalue weighted by Crippen LogP contribution is -2.41. The molecule has 0 unspecified atom stereocenters. The Morgan fingerprint density at radius 1 is 1.14 bits per heavy atom. The van der Waals surface area contributed by atoms with Crippen LogP contribution in [0.1, 0.15) is 44.3 Å². The molecule has 1 heterocycles. The van der Waals surface area contributed by atoms with Crippen molar-refractivity contribution in [3.8, 4) is 11.5 Å². The molecule has 0 saturated heterocycles. The van der Waals surface area contributed by atoms with E-state index < -0.39 is 22.4 Å². The predicted molar refractivity (Wildman–Crippen MR) is 104 cm³/mol. The van der Waals surface area contributed by atoms with Gasteiger partial charge >= 0.3 is 0 Å². The maximum Gasteiger partial charge on any atom is 0.286 e. The Balaban J connectivity index is 2.23. The van der Waals surface area contributed by atoms with E-state index in [1.807, 2.05) is 13.8 Å². The van der Waals surface area contributed by atoms with Crippen LogP contribution in [0.4, 0.5) is 5.69 Å². The Hall–Kier alpha value is -3.14. The number of carbonyl (C=O) groups excluding carboxylic acids is 2. The molecular formula is C18H21N3O6S. The van der Waals surface area contributed by atoms with Crippen molar-refractivity contribution in [1.29, 1.82) is 0 Å². The lowest BCUT2D eigenvalue weighted by Gasteiger charge is -2.12. The number of carbonyl (C=O) groups is 2. The van der Waals surface area contributed by atoms with Crippen molar-refractivity contribution in [2.45, 2.75) is 27.2 Å². The smallest absolute Gasteiger partial charge is 0.286 e. The largest absolute Gasteiger partial charge is 0.493 e. The zero-order chi connectivity index (χ0) is 20.8. The van der Waals surface area contributed by atoms with Gasteiger partial charge in [0.25, 0.3) is 17.5 Å². The Morgan fingerprint density at radius 3 is 2.36 bits per heavy atom. The fourth-order valence-corrected chi connectivity index (χ4v) is 3.54. The number of nitrogens with one attached hydrogen (secondary N) is 2. The van der Waals surface area contributed by atoms with Crippen LogP contribution in [0, 0.1) is 17.0 Å². The average Bonchev–Trinajstić information content (AvgIpc) is 3.06.